The quantitative estimate of drug-likeness (QED) is 0.608. The third-order valence-corrected chi connectivity index (χ3v) is 2.92. The van der Waals surface area contributed by atoms with Crippen LogP contribution in [0.25, 0.3) is 0 Å². The number of hydrogen-bond acceptors (Lipinski definition) is 4. The zero-order valence-electron chi connectivity index (χ0n) is 7.29. The van der Waals surface area contributed by atoms with Crippen molar-refractivity contribution in [3.63, 3.8) is 0 Å². The Bertz CT molecular complexity index is 568. The average molecular weight is 271 g/mol. The lowest BCUT2D eigenvalue weighted by atomic mass is 10.2. The van der Waals surface area contributed by atoms with Gasteiger partial charge in [-0.2, -0.15) is 9.65 Å². The molecule has 0 unspecified atom stereocenters. The van der Waals surface area contributed by atoms with Crippen LogP contribution in [-0.2, 0) is 9.05 Å². The first-order chi connectivity index (χ1) is 7.27. The van der Waals surface area contributed by atoms with E-state index in [-0.39, 0.29) is 0 Å². The van der Waals surface area contributed by atoms with Crippen molar-refractivity contribution in [1.82, 2.24) is 4.98 Å². The lowest BCUT2D eigenvalue weighted by Gasteiger charge is -2.06. The molecule has 0 fully saturated rings. The van der Waals surface area contributed by atoms with Crippen LogP contribution in [0, 0.1) is 17.3 Å². The van der Waals surface area contributed by atoms with Crippen LogP contribution in [0.4, 0.5) is 13.2 Å². The molecule has 86 valence electrons. The lowest BCUT2D eigenvalue weighted by molar-refractivity contribution is 0.141. The van der Waals surface area contributed by atoms with Crippen LogP contribution in [0.1, 0.15) is 17.7 Å². The molecular formula is C7H2ClF3N2O2S. The molecule has 0 saturated heterocycles. The Hall–Kier alpha value is -1.33. The molecule has 0 N–H and O–H groups in total. The van der Waals surface area contributed by atoms with E-state index in [1.54, 1.807) is 0 Å². The van der Waals surface area contributed by atoms with Crippen LogP contribution in [0.15, 0.2) is 11.0 Å². The van der Waals surface area contributed by atoms with Crippen molar-refractivity contribution in [2.24, 2.45) is 0 Å². The number of aromatic nitrogens is 1. The number of nitrogens with zero attached hydrogens (tertiary/aromatic N) is 2. The summed E-state index contributed by atoms with van der Waals surface area (Å²) < 4.78 is 59.4. The van der Waals surface area contributed by atoms with Gasteiger partial charge in [0.2, 0.25) is 5.95 Å². The van der Waals surface area contributed by atoms with Gasteiger partial charge in [0.15, 0.2) is 0 Å². The van der Waals surface area contributed by atoms with Gasteiger partial charge >= 0.3 is 0 Å². The van der Waals surface area contributed by atoms with Gasteiger partial charge in [0, 0.05) is 16.7 Å². The third-order valence-electron chi connectivity index (χ3n) is 1.54. The molecule has 0 saturated carbocycles. The highest BCUT2D eigenvalue weighted by molar-refractivity contribution is 8.13. The molecule has 0 amide bonds. The normalized spacial score (nSPS) is 11.5. The molecule has 16 heavy (non-hydrogen) atoms. The van der Waals surface area contributed by atoms with E-state index in [1.807, 2.05) is 0 Å². The van der Waals surface area contributed by atoms with Crippen LogP contribution in [0.5, 0.6) is 0 Å². The van der Waals surface area contributed by atoms with Crippen LogP contribution >= 0.6 is 10.7 Å². The third kappa shape index (κ3) is 2.43. The SMILES string of the molecule is N#Cc1cc(F)nc(C(F)F)c1S(=O)(=O)Cl. The Morgan fingerprint density at radius 2 is 2.06 bits per heavy atom. The number of alkyl halides is 2. The molecular weight excluding hydrogens is 269 g/mol. The minimum absolute atomic E-state index is 0.418. The number of nitriles is 1. The molecule has 1 rings (SSSR count). The van der Waals surface area contributed by atoms with E-state index in [0.29, 0.717) is 6.07 Å². The highest BCUT2D eigenvalue weighted by atomic mass is 35.7. The van der Waals surface area contributed by atoms with Crippen LogP contribution in [0.2, 0.25) is 0 Å². The Balaban J connectivity index is 3.74. The lowest BCUT2D eigenvalue weighted by Crippen LogP contribution is -2.06. The van der Waals surface area contributed by atoms with Gasteiger partial charge in [-0.15, -0.1) is 0 Å². The van der Waals surface area contributed by atoms with Crippen molar-refractivity contribution < 1.29 is 21.6 Å². The number of hydrogen-bond donors (Lipinski definition) is 0. The number of rotatable bonds is 2. The average Bonchev–Trinajstić information content (AvgIpc) is 2.14. The molecule has 0 aromatic carbocycles. The summed E-state index contributed by atoms with van der Waals surface area (Å²) in [5, 5.41) is 8.50. The van der Waals surface area contributed by atoms with Crippen molar-refractivity contribution >= 4 is 19.7 Å². The summed E-state index contributed by atoms with van der Waals surface area (Å²) in [6, 6.07) is 1.68. The summed E-state index contributed by atoms with van der Waals surface area (Å²) in [4.78, 5) is 1.56. The van der Waals surface area contributed by atoms with Crippen LogP contribution in [0.3, 0.4) is 0 Å². The zero-order valence-corrected chi connectivity index (χ0v) is 8.86. The summed E-state index contributed by atoms with van der Waals surface area (Å²) in [5.41, 5.74) is -2.18. The van der Waals surface area contributed by atoms with Gasteiger partial charge in [0.1, 0.15) is 16.7 Å². The molecule has 0 aliphatic heterocycles. The summed E-state index contributed by atoms with van der Waals surface area (Å²) in [7, 11) is 0.272. The largest absolute Gasteiger partial charge is 0.281 e. The first kappa shape index (κ1) is 12.7. The highest BCUT2D eigenvalue weighted by Crippen LogP contribution is 2.30. The molecule has 0 aliphatic rings. The van der Waals surface area contributed by atoms with Crippen LogP contribution in [-0.4, -0.2) is 13.4 Å². The minimum Gasteiger partial charge on any atom is -0.217 e. The van der Waals surface area contributed by atoms with Gasteiger partial charge in [-0.25, -0.2) is 22.2 Å². The second-order valence-electron chi connectivity index (χ2n) is 2.56. The Labute approximate surface area is 92.7 Å². The van der Waals surface area contributed by atoms with Gasteiger partial charge in [0.25, 0.3) is 15.5 Å². The molecule has 4 nitrogen and oxygen atoms in total. The predicted octanol–water partition coefficient (Wildman–Crippen LogP) is 1.96. The van der Waals surface area contributed by atoms with E-state index in [9.17, 15) is 21.6 Å². The molecule has 1 heterocycles. The van der Waals surface area contributed by atoms with Gasteiger partial charge < -0.3 is 0 Å². The van der Waals surface area contributed by atoms with Crippen molar-refractivity contribution in [3.8, 4) is 6.07 Å². The molecule has 0 aliphatic carbocycles. The fourth-order valence-electron chi connectivity index (χ4n) is 1.01. The maximum Gasteiger partial charge on any atom is 0.281 e. The number of halogens is 4. The molecule has 0 bridgehead atoms. The highest BCUT2D eigenvalue weighted by Gasteiger charge is 2.28. The van der Waals surface area contributed by atoms with Crippen molar-refractivity contribution in [2.45, 2.75) is 11.3 Å². The van der Waals surface area contributed by atoms with E-state index < -0.39 is 37.6 Å². The maximum atomic E-state index is 12.7. The Kier molecular flexibility index (Phi) is 3.40. The fraction of sp³-hybridized carbons (Fsp3) is 0.143. The maximum absolute atomic E-state index is 12.7. The Morgan fingerprint density at radius 1 is 1.50 bits per heavy atom. The smallest absolute Gasteiger partial charge is 0.217 e. The van der Waals surface area contributed by atoms with Gasteiger partial charge in [-0.05, 0) is 0 Å². The fourth-order valence-corrected chi connectivity index (χ4v) is 2.25. The first-order valence-corrected chi connectivity index (χ1v) is 5.91. The minimum atomic E-state index is -4.60. The Morgan fingerprint density at radius 3 is 2.44 bits per heavy atom. The standard InChI is InChI=1S/C7H2ClF3N2O2S/c8-16(14,15)6-3(2-12)1-4(9)13-5(6)7(10)11/h1,7H. The molecule has 9 heteroatoms. The summed E-state index contributed by atoms with van der Waals surface area (Å²) >= 11 is 0. The van der Waals surface area contributed by atoms with E-state index in [2.05, 4.69) is 4.98 Å². The second-order valence-corrected chi connectivity index (χ2v) is 5.06. The predicted molar refractivity (Wildman–Crippen MR) is 46.9 cm³/mol. The van der Waals surface area contributed by atoms with Crippen LogP contribution < -0.4 is 0 Å². The van der Waals surface area contributed by atoms with Crippen molar-refractivity contribution in [2.75, 3.05) is 0 Å². The monoisotopic (exact) mass is 270 g/mol. The number of pyridine rings is 1. The van der Waals surface area contributed by atoms with Crippen molar-refractivity contribution in [1.29, 1.82) is 5.26 Å². The first-order valence-electron chi connectivity index (χ1n) is 3.60. The molecule has 0 spiro atoms. The molecule has 1 aromatic rings. The summed E-state index contributed by atoms with van der Waals surface area (Å²) in [6.45, 7) is 0. The zero-order chi connectivity index (χ0) is 12.5. The van der Waals surface area contributed by atoms with Gasteiger partial charge in [-0.3, -0.25) is 0 Å². The van der Waals surface area contributed by atoms with Gasteiger partial charge in [-0.1, -0.05) is 0 Å². The van der Waals surface area contributed by atoms with E-state index >= 15 is 0 Å². The van der Waals surface area contributed by atoms with E-state index in [0.717, 1.165) is 0 Å². The summed E-state index contributed by atoms with van der Waals surface area (Å²) in [5.74, 6) is -1.38. The van der Waals surface area contributed by atoms with Gasteiger partial charge in [0.05, 0.1) is 5.56 Å². The molecule has 0 atom stereocenters. The van der Waals surface area contributed by atoms with E-state index in [4.69, 9.17) is 15.9 Å². The second kappa shape index (κ2) is 4.27. The topological polar surface area (TPSA) is 70.8 Å². The summed E-state index contributed by atoms with van der Waals surface area (Å²) in [6.07, 6.45) is -3.36. The van der Waals surface area contributed by atoms with E-state index in [1.165, 1.54) is 6.07 Å². The molecule has 1 aromatic heterocycles. The van der Waals surface area contributed by atoms with Crippen molar-refractivity contribution in [3.05, 3.63) is 23.3 Å². The molecule has 0 radical (unpaired) electrons.